The van der Waals surface area contributed by atoms with Gasteiger partial charge in [-0.2, -0.15) is 0 Å². The molecule has 2 aromatic rings. The Labute approximate surface area is 106 Å². The van der Waals surface area contributed by atoms with Crippen molar-refractivity contribution in [3.63, 3.8) is 0 Å². The van der Waals surface area contributed by atoms with Crippen molar-refractivity contribution in [3.8, 4) is 0 Å². The predicted octanol–water partition coefficient (Wildman–Crippen LogP) is 3.64. The maximum atomic E-state index is 11.9. The van der Waals surface area contributed by atoms with Crippen LogP contribution in [-0.4, -0.2) is 10.8 Å². The number of carbonyl (C=O) groups is 1. The standard InChI is InChI=1S/C12H10BrNOS/c1-8-2-3-9(14-7-8)6-11(15)12-10(13)4-5-16-12/h2-5,7H,6H2,1H3. The first-order valence-electron chi connectivity index (χ1n) is 4.84. The summed E-state index contributed by atoms with van der Waals surface area (Å²) in [6.07, 6.45) is 2.14. The molecule has 2 heterocycles. The second-order valence-electron chi connectivity index (χ2n) is 3.52. The highest BCUT2D eigenvalue weighted by Crippen LogP contribution is 2.23. The molecule has 0 saturated heterocycles. The summed E-state index contributed by atoms with van der Waals surface area (Å²) in [5, 5.41) is 1.90. The number of halogens is 1. The van der Waals surface area contributed by atoms with Crippen molar-refractivity contribution < 1.29 is 4.79 Å². The summed E-state index contributed by atoms with van der Waals surface area (Å²) < 4.78 is 0.870. The summed E-state index contributed by atoms with van der Waals surface area (Å²) in [6, 6.07) is 5.76. The molecule has 0 fully saturated rings. The maximum absolute atomic E-state index is 11.9. The van der Waals surface area contributed by atoms with Crippen molar-refractivity contribution in [2.75, 3.05) is 0 Å². The van der Waals surface area contributed by atoms with Gasteiger partial charge in [0.05, 0.1) is 11.3 Å². The minimum atomic E-state index is 0.109. The highest BCUT2D eigenvalue weighted by atomic mass is 79.9. The second kappa shape index (κ2) is 4.89. The monoisotopic (exact) mass is 295 g/mol. The van der Waals surface area contributed by atoms with Gasteiger partial charge in [-0.25, -0.2) is 0 Å². The molecule has 0 atom stereocenters. The number of ketones is 1. The van der Waals surface area contributed by atoms with Crippen LogP contribution in [0.5, 0.6) is 0 Å². The van der Waals surface area contributed by atoms with E-state index in [0.717, 1.165) is 20.6 Å². The lowest BCUT2D eigenvalue weighted by Gasteiger charge is -1.99. The first-order chi connectivity index (χ1) is 7.66. The number of Topliss-reactive ketones (excluding diaryl/α,β-unsaturated/α-hetero) is 1. The van der Waals surface area contributed by atoms with Crippen molar-refractivity contribution in [2.45, 2.75) is 13.3 Å². The summed E-state index contributed by atoms with van der Waals surface area (Å²) in [7, 11) is 0. The van der Waals surface area contributed by atoms with Gasteiger partial charge >= 0.3 is 0 Å². The first-order valence-corrected chi connectivity index (χ1v) is 6.52. The van der Waals surface area contributed by atoms with E-state index in [0.29, 0.717) is 6.42 Å². The van der Waals surface area contributed by atoms with Crippen LogP contribution in [0.4, 0.5) is 0 Å². The van der Waals surface area contributed by atoms with Gasteiger partial charge in [0, 0.05) is 16.4 Å². The SMILES string of the molecule is Cc1ccc(CC(=O)c2sccc2Br)nc1. The fraction of sp³-hybridized carbons (Fsp3) is 0.167. The summed E-state index contributed by atoms with van der Waals surface area (Å²) in [5.74, 6) is 0.109. The van der Waals surface area contributed by atoms with Gasteiger partial charge in [0.25, 0.3) is 0 Å². The molecule has 0 spiro atoms. The lowest BCUT2D eigenvalue weighted by Crippen LogP contribution is -2.03. The topological polar surface area (TPSA) is 30.0 Å². The van der Waals surface area contributed by atoms with Gasteiger partial charge in [0.1, 0.15) is 0 Å². The third-order valence-electron chi connectivity index (χ3n) is 2.18. The zero-order valence-corrected chi connectivity index (χ0v) is 11.1. The summed E-state index contributed by atoms with van der Waals surface area (Å²) in [4.78, 5) is 16.9. The first kappa shape index (κ1) is 11.5. The zero-order chi connectivity index (χ0) is 11.5. The molecule has 0 amide bonds. The summed E-state index contributed by atoms with van der Waals surface area (Å²) in [6.45, 7) is 1.98. The molecule has 0 unspecified atom stereocenters. The summed E-state index contributed by atoms with van der Waals surface area (Å²) >= 11 is 4.82. The molecule has 2 nitrogen and oxygen atoms in total. The van der Waals surface area contributed by atoms with Crippen LogP contribution in [0, 0.1) is 6.92 Å². The van der Waals surface area contributed by atoms with Gasteiger partial charge < -0.3 is 0 Å². The van der Waals surface area contributed by atoms with Crippen LogP contribution in [0.1, 0.15) is 20.9 Å². The fourth-order valence-corrected chi connectivity index (χ4v) is 2.87. The number of nitrogens with zero attached hydrogens (tertiary/aromatic N) is 1. The molecule has 2 rings (SSSR count). The highest BCUT2D eigenvalue weighted by Gasteiger charge is 2.12. The third kappa shape index (κ3) is 2.57. The number of pyridine rings is 1. The van der Waals surface area contributed by atoms with Crippen molar-refractivity contribution in [1.82, 2.24) is 4.98 Å². The molecule has 4 heteroatoms. The average Bonchev–Trinajstić information content (AvgIpc) is 2.68. The second-order valence-corrected chi connectivity index (χ2v) is 5.29. The van der Waals surface area contributed by atoms with Crippen molar-refractivity contribution in [2.24, 2.45) is 0 Å². The van der Waals surface area contributed by atoms with E-state index in [1.807, 2.05) is 30.5 Å². The Morgan fingerprint density at radius 3 is 2.81 bits per heavy atom. The largest absolute Gasteiger partial charge is 0.293 e. The third-order valence-corrected chi connectivity index (χ3v) is 4.06. The number of aromatic nitrogens is 1. The van der Waals surface area contributed by atoms with E-state index in [1.54, 1.807) is 6.20 Å². The van der Waals surface area contributed by atoms with Crippen LogP contribution in [0.15, 0.2) is 34.2 Å². The van der Waals surface area contributed by atoms with Gasteiger partial charge in [0.2, 0.25) is 0 Å². The molecule has 0 aromatic carbocycles. The Morgan fingerprint density at radius 1 is 1.44 bits per heavy atom. The van der Waals surface area contributed by atoms with Gasteiger partial charge in [-0.15, -0.1) is 11.3 Å². The van der Waals surface area contributed by atoms with E-state index in [9.17, 15) is 4.79 Å². The van der Waals surface area contributed by atoms with E-state index in [-0.39, 0.29) is 5.78 Å². The lowest BCUT2D eigenvalue weighted by molar-refractivity contribution is 0.0995. The molecule has 0 aliphatic rings. The number of hydrogen-bond donors (Lipinski definition) is 0. The average molecular weight is 296 g/mol. The van der Waals surface area contributed by atoms with Crippen molar-refractivity contribution in [1.29, 1.82) is 0 Å². The Bertz CT molecular complexity index is 504. The van der Waals surface area contributed by atoms with Gasteiger partial charge in [-0.05, 0) is 45.9 Å². The minimum Gasteiger partial charge on any atom is -0.293 e. The lowest BCUT2D eigenvalue weighted by atomic mass is 10.1. The molecule has 16 heavy (non-hydrogen) atoms. The van der Waals surface area contributed by atoms with Crippen LogP contribution in [0.25, 0.3) is 0 Å². The maximum Gasteiger partial charge on any atom is 0.179 e. The predicted molar refractivity (Wildman–Crippen MR) is 69.0 cm³/mol. The molecular formula is C12H10BrNOS. The summed E-state index contributed by atoms with van der Waals surface area (Å²) in [5.41, 5.74) is 1.92. The van der Waals surface area contributed by atoms with Crippen LogP contribution < -0.4 is 0 Å². The number of thiophene rings is 1. The minimum absolute atomic E-state index is 0.109. The Hall–Kier alpha value is -1.000. The zero-order valence-electron chi connectivity index (χ0n) is 8.74. The number of hydrogen-bond acceptors (Lipinski definition) is 3. The van der Waals surface area contributed by atoms with E-state index in [1.165, 1.54) is 11.3 Å². The van der Waals surface area contributed by atoms with E-state index in [4.69, 9.17) is 0 Å². The molecule has 2 aromatic heterocycles. The molecule has 0 N–H and O–H groups in total. The van der Waals surface area contributed by atoms with Crippen molar-refractivity contribution >= 4 is 33.0 Å². The molecule has 0 aliphatic heterocycles. The molecule has 0 radical (unpaired) electrons. The van der Waals surface area contributed by atoms with Gasteiger partial charge in [0.15, 0.2) is 5.78 Å². The number of carbonyl (C=O) groups excluding carboxylic acids is 1. The van der Waals surface area contributed by atoms with Crippen LogP contribution in [-0.2, 0) is 6.42 Å². The molecule has 0 bridgehead atoms. The number of aryl methyl sites for hydroxylation is 1. The van der Waals surface area contributed by atoms with E-state index >= 15 is 0 Å². The highest BCUT2D eigenvalue weighted by molar-refractivity contribution is 9.10. The van der Waals surface area contributed by atoms with Crippen LogP contribution in [0.2, 0.25) is 0 Å². The smallest absolute Gasteiger partial charge is 0.179 e. The van der Waals surface area contributed by atoms with Gasteiger partial charge in [-0.1, -0.05) is 6.07 Å². The molecule has 0 aliphatic carbocycles. The quantitative estimate of drug-likeness (QED) is 0.809. The van der Waals surface area contributed by atoms with Crippen LogP contribution >= 0.6 is 27.3 Å². The van der Waals surface area contributed by atoms with E-state index in [2.05, 4.69) is 20.9 Å². The van der Waals surface area contributed by atoms with Crippen molar-refractivity contribution in [3.05, 3.63) is 50.4 Å². The molecule has 0 saturated carbocycles. The molecule has 82 valence electrons. The van der Waals surface area contributed by atoms with Gasteiger partial charge in [-0.3, -0.25) is 9.78 Å². The van der Waals surface area contributed by atoms with E-state index < -0.39 is 0 Å². The normalized spacial score (nSPS) is 10.4. The Morgan fingerprint density at radius 2 is 2.25 bits per heavy atom. The number of rotatable bonds is 3. The Kier molecular flexibility index (Phi) is 3.51. The molecular weight excluding hydrogens is 286 g/mol. The fourth-order valence-electron chi connectivity index (χ4n) is 1.34. The Balaban J connectivity index is 2.14. The van der Waals surface area contributed by atoms with Crippen LogP contribution in [0.3, 0.4) is 0 Å².